The number of rotatable bonds is 3. The minimum absolute atomic E-state index is 0.274. The van der Waals surface area contributed by atoms with Crippen molar-refractivity contribution in [3.63, 3.8) is 0 Å². The van der Waals surface area contributed by atoms with Crippen molar-refractivity contribution >= 4 is 20.0 Å². The predicted octanol–water partition coefficient (Wildman–Crippen LogP) is 1.96. The smallest absolute Gasteiger partial charge is 0.371 e. The predicted molar refractivity (Wildman–Crippen MR) is 68.3 cm³/mol. The van der Waals surface area contributed by atoms with Crippen LogP contribution in [0.2, 0.25) is 0 Å². The minimum Gasteiger partial charge on any atom is -0.396 e. The van der Waals surface area contributed by atoms with Crippen LogP contribution in [0.5, 0.6) is 0 Å². The van der Waals surface area contributed by atoms with Crippen molar-refractivity contribution in [2.45, 2.75) is 24.9 Å². The van der Waals surface area contributed by atoms with Crippen LogP contribution in [0.1, 0.15) is 19.3 Å². The van der Waals surface area contributed by atoms with Crippen molar-refractivity contribution in [3.05, 3.63) is 30.3 Å². The highest BCUT2D eigenvalue weighted by Gasteiger charge is 2.46. The van der Waals surface area contributed by atoms with E-state index in [0.717, 1.165) is 12.6 Å². The molecule has 2 unspecified atom stereocenters. The Morgan fingerprint density at radius 1 is 1.33 bits per heavy atom. The number of aliphatic hydroxyl groups is 1. The lowest BCUT2D eigenvalue weighted by Crippen LogP contribution is -2.21. The summed E-state index contributed by atoms with van der Waals surface area (Å²) in [5.74, 6) is 0. The summed E-state index contributed by atoms with van der Waals surface area (Å²) in [4.78, 5) is 0. The minimum atomic E-state index is -1.46. The lowest BCUT2D eigenvalue weighted by Gasteiger charge is -2.25. The van der Waals surface area contributed by atoms with Crippen LogP contribution in [0.15, 0.2) is 30.3 Å². The third-order valence-electron chi connectivity index (χ3n) is 3.42. The molecule has 15 heavy (non-hydrogen) atoms. The molecule has 1 heterocycles. The first-order valence-electron chi connectivity index (χ1n) is 5.60. The van der Waals surface area contributed by atoms with Gasteiger partial charge in [-0.3, -0.25) is 0 Å². The van der Waals surface area contributed by atoms with Gasteiger partial charge in [-0.05, 0) is 32.1 Å². The summed E-state index contributed by atoms with van der Waals surface area (Å²) in [5.41, 5.74) is 0.546. The number of hydrogen-bond acceptors (Lipinski definition) is 1. The Labute approximate surface area is 93.6 Å². The summed E-state index contributed by atoms with van der Waals surface area (Å²) < 4.78 is 0. The summed E-state index contributed by atoms with van der Waals surface area (Å²) >= 11 is 0. The van der Waals surface area contributed by atoms with Crippen LogP contribution in [0.4, 0.5) is 0 Å². The third kappa shape index (κ3) is 2.12. The molecule has 78 valence electrons. The Kier molecular flexibility index (Phi) is 3.48. The molecule has 2 atom stereocenters. The number of aliphatic hydroxyl groups excluding tert-OH is 1. The summed E-state index contributed by atoms with van der Waals surface area (Å²) in [6.45, 7) is 0.274. The van der Waals surface area contributed by atoms with Crippen LogP contribution in [-0.2, 0) is 0 Å². The van der Waals surface area contributed by atoms with Gasteiger partial charge in [-0.25, -0.2) is 0 Å². The van der Waals surface area contributed by atoms with E-state index in [1.807, 2.05) is 6.07 Å². The average Bonchev–Trinajstić information content (AvgIpc) is 2.64. The highest BCUT2D eigenvalue weighted by molar-refractivity contribution is 8.03. The molecule has 1 nitrogen and oxygen atoms in total. The van der Waals surface area contributed by atoms with E-state index < -0.39 is 7.14 Å². The molecule has 1 aliphatic rings. The fraction of sp³-hybridized carbons (Fsp3) is 0.500. The molecule has 1 aliphatic heterocycles. The first kappa shape index (κ1) is 11.2. The van der Waals surface area contributed by atoms with Crippen LogP contribution in [-0.4, -0.2) is 31.1 Å². The fourth-order valence-electron chi connectivity index (χ4n) is 2.57. The van der Waals surface area contributed by atoms with Gasteiger partial charge in [-0.1, -0.05) is 18.2 Å². The lowest BCUT2D eigenvalue weighted by molar-refractivity contribution is 0.285. The quantitative estimate of drug-likeness (QED) is 0.608. The van der Waals surface area contributed by atoms with Gasteiger partial charge in [0.2, 0.25) is 0 Å². The fourth-order valence-corrected chi connectivity index (χ4v) is 6.27. The molecule has 1 fully saturated rings. The normalized spacial score (nSPS) is 30.6. The standard InChI is InChI=1S/C12H17BOP/c13-15(11-5-2-1-3-6-11)10-4-7-12(15)8-9-14/h1-3,5-6,12,14H,4,7-10H2/q+1. The van der Waals surface area contributed by atoms with Gasteiger partial charge < -0.3 is 5.11 Å². The van der Waals surface area contributed by atoms with Crippen LogP contribution >= 0.6 is 7.14 Å². The van der Waals surface area contributed by atoms with E-state index in [1.54, 1.807) is 0 Å². The molecular weight excluding hydrogens is 202 g/mol. The van der Waals surface area contributed by atoms with Crippen molar-refractivity contribution in [2.24, 2.45) is 0 Å². The highest BCUT2D eigenvalue weighted by atomic mass is 31.2. The highest BCUT2D eigenvalue weighted by Crippen LogP contribution is 2.64. The second-order valence-electron chi connectivity index (χ2n) is 4.30. The Morgan fingerprint density at radius 3 is 2.73 bits per heavy atom. The largest absolute Gasteiger partial charge is 0.396 e. The molecule has 1 saturated heterocycles. The maximum Gasteiger partial charge on any atom is 0.371 e. The van der Waals surface area contributed by atoms with Crippen LogP contribution < -0.4 is 5.30 Å². The van der Waals surface area contributed by atoms with Gasteiger partial charge in [-0.2, -0.15) is 0 Å². The molecule has 0 aromatic heterocycles. The van der Waals surface area contributed by atoms with E-state index in [0.29, 0.717) is 5.66 Å². The summed E-state index contributed by atoms with van der Waals surface area (Å²) in [7, 11) is 5.15. The Hall–Kier alpha value is -0.325. The number of hydrogen-bond donors (Lipinski definition) is 1. The molecule has 0 spiro atoms. The first-order valence-corrected chi connectivity index (χ1v) is 7.71. The second-order valence-corrected chi connectivity index (χ2v) is 7.85. The monoisotopic (exact) mass is 219 g/mol. The molecule has 1 N–H and O–H groups in total. The summed E-state index contributed by atoms with van der Waals surface area (Å²) in [6.07, 6.45) is 4.45. The summed E-state index contributed by atoms with van der Waals surface area (Å²) in [5, 5.41) is 10.4. The second kappa shape index (κ2) is 4.68. The van der Waals surface area contributed by atoms with Crippen LogP contribution in [0.25, 0.3) is 0 Å². The van der Waals surface area contributed by atoms with E-state index in [9.17, 15) is 0 Å². The van der Waals surface area contributed by atoms with E-state index in [1.165, 1.54) is 18.1 Å². The molecule has 0 bridgehead atoms. The molecule has 2 radical (unpaired) electrons. The molecule has 0 saturated carbocycles. The van der Waals surface area contributed by atoms with E-state index in [4.69, 9.17) is 12.7 Å². The summed E-state index contributed by atoms with van der Waals surface area (Å²) in [6, 6.07) is 10.5. The average molecular weight is 219 g/mol. The zero-order chi connectivity index (χ0) is 10.7. The SMILES string of the molecule is [B][P+]1(c2ccccc2)CCCC1CCO. The molecule has 0 amide bonds. The van der Waals surface area contributed by atoms with E-state index in [2.05, 4.69) is 24.3 Å². The van der Waals surface area contributed by atoms with Crippen LogP contribution in [0.3, 0.4) is 0 Å². The third-order valence-corrected chi connectivity index (χ3v) is 7.55. The Balaban J connectivity index is 2.25. The Bertz CT molecular complexity index is 317. The van der Waals surface area contributed by atoms with Gasteiger partial charge in [0, 0.05) is 19.2 Å². The first-order chi connectivity index (χ1) is 7.27. The Morgan fingerprint density at radius 2 is 2.07 bits per heavy atom. The van der Waals surface area contributed by atoms with Crippen LogP contribution in [0, 0.1) is 0 Å². The molecule has 3 heteroatoms. The van der Waals surface area contributed by atoms with Crippen molar-refractivity contribution < 1.29 is 5.11 Å². The van der Waals surface area contributed by atoms with Gasteiger partial charge in [0.1, 0.15) is 0 Å². The zero-order valence-corrected chi connectivity index (χ0v) is 9.87. The van der Waals surface area contributed by atoms with Gasteiger partial charge in [0.05, 0.1) is 11.0 Å². The topological polar surface area (TPSA) is 20.2 Å². The maximum absolute atomic E-state index is 9.07. The van der Waals surface area contributed by atoms with Gasteiger partial charge in [0.15, 0.2) is 0 Å². The van der Waals surface area contributed by atoms with E-state index in [-0.39, 0.29) is 6.61 Å². The lowest BCUT2D eigenvalue weighted by atomic mass is 10.2. The van der Waals surface area contributed by atoms with Crippen molar-refractivity contribution in [2.75, 3.05) is 12.8 Å². The van der Waals surface area contributed by atoms with Gasteiger partial charge in [0.25, 0.3) is 0 Å². The molecule has 2 rings (SSSR count). The number of benzene rings is 1. The van der Waals surface area contributed by atoms with Crippen molar-refractivity contribution in [1.82, 2.24) is 0 Å². The molecule has 1 aromatic rings. The van der Waals surface area contributed by atoms with Gasteiger partial charge in [-0.15, -0.1) is 0 Å². The molecule has 1 aromatic carbocycles. The van der Waals surface area contributed by atoms with Gasteiger partial charge >= 0.3 is 7.57 Å². The molecular formula is C12H17BOP+. The van der Waals surface area contributed by atoms with E-state index >= 15 is 0 Å². The molecule has 0 aliphatic carbocycles. The van der Waals surface area contributed by atoms with Crippen molar-refractivity contribution in [1.29, 1.82) is 0 Å². The zero-order valence-electron chi connectivity index (χ0n) is 8.97. The maximum atomic E-state index is 9.07. The van der Waals surface area contributed by atoms with Crippen molar-refractivity contribution in [3.8, 4) is 0 Å².